The Morgan fingerprint density at radius 3 is 2.51 bits per heavy atom. The zero-order chi connectivity index (χ0) is 29.7. The van der Waals surface area contributed by atoms with Gasteiger partial charge in [-0.05, 0) is 68.1 Å². The van der Waals surface area contributed by atoms with Gasteiger partial charge in [-0.3, -0.25) is 9.89 Å². The third-order valence-corrected chi connectivity index (χ3v) is 9.34. The average Bonchev–Trinajstić information content (AvgIpc) is 3.61. The van der Waals surface area contributed by atoms with Crippen LogP contribution in [0.15, 0.2) is 48.7 Å². The number of ketones is 1. The number of Topliss-reactive ketones (excluding diaryl/α,β-unsaturated/α-hetero) is 1. The first kappa shape index (κ1) is 29.4. The Labute approximate surface area is 243 Å². The molecule has 2 N–H and O–H groups in total. The lowest BCUT2D eigenvalue weighted by atomic mass is 9.90. The molecule has 1 saturated carbocycles. The predicted octanol–water partition coefficient (Wildman–Crippen LogP) is 4.91. The van der Waals surface area contributed by atoms with Gasteiger partial charge in [0.15, 0.2) is 5.78 Å². The summed E-state index contributed by atoms with van der Waals surface area (Å²) in [7, 11) is -0.650. The lowest BCUT2D eigenvalue weighted by Crippen LogP contribution is -2.52. The fourth-order valence-corrected chi connectivity index (χ4v) is 6.92. The highest BCUT2D eigenvalue weighted by molar-refractivity contribution is 7.87. The van der Waals surface area contributed by atoms with E-state index in [0.717, 1.165) is 28.9 Å². The van der Waals surface area contributed by atoms with Crippen LogP contribution in [0, 0.1) is 0 Å². The molecule has 3 atom stereocenters. The number of benzene rings is 2. The number of fused-ring (bicyclic) bond motifs is 3. The van der Waals surface area contributed by atoms with Crippen LogP contribution in [0.4, 0.5) is 14.5 Å². The second kappa shape index (κ2) is 11.0. The smallest absolute Gasteiger partial charge is 0.420 e. The predicted molar refractivity (Wildman–Crippen MR) is 153 cm³/mol. The minimum atomic E-state index is -3.82. The summed E-state index contributed by atoms with van der Waals surface area (Å²) in [6, 6.07) is 11.0. The number of halogens is 3. The maximum atomic E-state index is 13.6. The molecule has 2 aliphatic rings. The van der Waals surface area contributed by atoms with Gasteiger partial charge in [0, 0.05) is 67.4 Å². The molecule has 2 heterocycles. The van der Waals surface area contributed by atoms with Crippen LogP contribution in [0.2, 0.25) is 0 Å². The monoisotopic (exact) mass is 607 g/mol. The Morgan fingerprint density at radius 2 is 1.93 bits per heavy atom. The number of rotatable bonds is 10. The van der Waals surface area contributed by atoms with Crippen molar-refractivity contribution >= 4 is 33.3 Å². The van der Waals surface area contributed by atoms with E-state index in [1.54, 1.807) is 18.3 Å². The fourth-order valence-electron chi connectivity index (χ4n) is 5.98. The maximum Gasteiger partial charge on any atom is 0.487 e. The third kappa shape index (κ3) is 5.97. The highest BCUT2D eigenvalue weighted by atomic mass is 35.5. The van der Waals surface area contributed by atoms with Gasteiger partial charge in [0.05, 0.1) is 17.4 Å². The first-order chi connectivity index (χ1) is 19.2. The van der Waals surface area contributed by atoms with Gasteiger partial charge in [0.2, 0.25) is 0 Å². The number of hydrogen-bond donors (Lipinski definition) is 2. The van der Waals surface area contributed by atoms with E-state index in [9.17, 15) is 22.0 Å². The number of carbonyl (C=O) groups is 1. The largest absolute Gasteiger partial charge is 0.487 e. The van der Waals surface area contributed by atoms with Gasteiger partial charge >= 0.3 is 5.57 Å². The number of anilines is 1. The number of aromatic nitrogens is 2. The van der Waals surface area contributed by atoms with Crippen molar-refractivity contribution in [2.45, 2.75) is 62.7 Å². The summed E-state index contributed by atoms with van der Waals surface area (Å²) in [5, 5.41) is 7.15. The van der Waals surface area contributed by atoms with Gasteiger partial charge in [0.1, 0.15) is 5.75 Å². The lowest BCUT2D eigenvalue weighted by molar-refractivity contribution is -0.0964. The summed E-state index contributed by atoms with van der Waals surface area (Å²) >= 11 is 4.84. The van der Waals surface area contributed by atoms with E-state index in [1.807, 2.05) is 18.2 Å². The molecule has 0 bridgehead atoms. The van der Waals surface area contributed by atoms with Crippen molar-refractivity contribution in [3.05, 3.63) is 65.4 Å². The molecule has 1 aromatic heterocycles. The molecule has 0 saturated heterocycles. The van der Waals surface area contributed by atoms with Gasteiger partial charge in [0.25, 0.3) is 10.2 Å². The molecule has 5 rings (SSSR count). The maximum absolute atomic E-state index is 13.6. The van der Waals surface area contributed by atoms with Crippen molar-refractivity contribution in [1.82, 2.24) is 19.2 Å². The number of hydrogen-bond acceptors (Lipinski definition) is 6. The highest BCUT2D eigenvalue weighted by Crippen LogP contribution is 2.54. The van der Waals surface area contributed by atoms with Gasteiger partial charge in [-0.25, -0.2) is 0 Å². The van der Waals surface area contributed by atoms with Crippen LogP contribution < -0.4 is 14.4 Å². The molecule has 3 unspecified atom stereocenters. The standard InChI is InChI=1S/C28H32ClF2N5O4S/c1-16(2)36-26-21(20-9-10-24(27(20)36)34-41(38,39)35(3)4)14-18(15-22(26)23-11-12-32-33-23)25(37)13-17-5-7-19(8-6-17)40-28(29,30)31/h5-8,11-12,14-16,20,24,27,34H,9-10,13H2,1-4H3,(H,32,33). The van der Waals surface area contributed by atoms with Gasteiger partial charge in [-0.1, -0.05) is 12.1 Å². The summed E-state index contributed by atoms with van der Waals surface area (Å²) < 4.78 is 59.9. The summed E-state index contributed by atoms with van der Waals surface area (Å²) in [5.74, 6) is -0.238. The SMILES string of the molecule is CC(C)N1c2c(-c3ccn[nH]3)cc(C(=O)Cc3ccc(OC(F)(F)Cl)cc3)cc2C2CCC(NS(=O)(=O)N(C)C)C21. The summed E-state index contributed by atoms with van der Waals surface area (Å²) in [4.78, 5) is 15.8. The van der Waals surface area contributed by atoms with Crippen molar-refractivity contribution in [2.75, 3.05) is 19.0 Å². The van der Waals surface area contributed by atoms with E-state index >= 15 is 0 Å². The van der Waals surface area contributed by atoms with E-state index < -0.39 is 15.8 Å². The third-order valence-electron chi connectivity index (χ3n) is 7.70. The van der Waals surface area contributed by atoms with E-state index in [4.69, 9.17) is 11.6 Å². The Kier molecular flexibility index (Phi) is 7.88. The molecule has 0 amide bonds. The van der Waals surface area contributed by atoms with Crippen LogP contribution in [0.25, 0.3) is 11.3 Å². The minimum Gasteiger partial charge on any atom is -0.420 e. The highest BCUT2D eigenvalue weighted by Gasteiger charge is 2.50. The molecule has 220 valence electrons. The van der Waals surface area contributed by atoms with E-state index in [2.05, 4.69) is 38.4 Å². The molecule has 3 aromatic rings. The Hall–Kier alpha value is -3.06. The van der Waals surface area contributed by atoms with Crippen molar-refractivity contribution < 1.29 is 26.7 Å². The molecule has 41 heavy (non-hydrogen) atoms. The quantitative estimate of drug-likeness (QED) is 0.251. The second-order valence-corrected chi connectivity index (χ2v) is 13.3. The average molecular weight is 608 g/mol. The van der Waals surface area contributed by atoms with Crippen LogP contribution >= 0.6 is 11.6 Å². The van der Waals surface area contributed by atoms with Gasteiger partial charge in [-0.2, -0.15) is 22.5 Å². The molecule has 1 aliphatic heterocycles. The molecular formula is C28H32ClF2N5O4S. The summed E-state index contributed by atoms with van der Waals surface area (Å²) in [5.41, 5.74) is 0.834. The van der Waals surface area contributed by atoms with E-state index in [1.165, 1.54) is 30.5 Å². The van der Waals surface area contributed by atoms with Crippen molar-refractivity contribution in [1.29, 1.82) is 0 Å². The van der Waals surface area contributed by atoms with E-state index in [-0.39, 0.29) is 42.0 Å². The molecule has 1 aliphatic carbocycles. The first-order valence-electron chi connectivity index (χ1n) is 13.3. The molecule has 0 radical (unpaired) electrons. The molecular weight excluding hydrogens is 576 g/mol. The number of nitrogens with zero attached hydrogens (tertiary/aromatic N) is 3. The summed E-state index contributed by atoms with van der Waals surface area (Å²) in [6.07, 6.45) is 3.12. The zero-order valence-corrected chi connectivity index (χ0v) is 24.6. The Balaban J connectivity index is 1.51. The number of H-pyrrole nitrogens is 1. The van der Waals surface area contributed by atoms with Crippen molar-refractivity contribution in [2.24, 2.45) is 0 Å². The van der Waals surface area contributed by atoms with Gasteiger partial charge < -0.3 is 9.64 Å². The van der Waals surface area contributed by atoms with E-state index in [0.29, 0.717) is 17.5 Å². The van der Waals surface area contributed by atoms with Crippen molar-refractivity contribution in [3.8, 4) is 17.0 Å². The number of aromatic amines is 1. The Morgan fingerprint density at radius 1 is 1.22 bits per heavy atom. The fraction of sp³-hybridized carbons (Fsp3) is 0.429. The second-order valence-electron chi connectivity index (χ2n) is 10.9. The minimum absolute atomic E-state index is 0.0188. The molecule has 13 heteroatoms. The Bertz CT molecular complexity index is 1530. The van der Waals surface area contributed by atoms with Crippen LogP contribution in [-0.4, -0.2) is 66.5 Å². The number of nitrogens with one attached hydrogen (secondary N) is 2. The summed E-state index contributed by atoms with van der Waals surface area (Å²) in [6.45, 7) is 4.15. The number of alkyl halides is 3. The van der Waals surface area contributed by atoms with Crippen LogP contribution in [0.5, 0.6) is 5.75 Å². The zero-order valence-electron chi connectivity index (χ0n) is 23.1. The van der Waals surface area contributed by atoms with Gasteiger partial charge in [-0.15, -0.1) is 8.78 Å². The first-order valence-corrected chi connectivity index (χ1v) is 15.1. The number of ether oxygens (including phenoxy) is 1. The normalized spacial score (nSPS) is 20.5. The van der Waals surface area contributed by atoms with Crippen LogP contribution in [0.3, 0.4) is 0 Å². The van der Waals surface area contributed by atoms with Crippen LogP contribution in [-0.2, 0) is 16.6 Å². The molecule has 0 spiro atoms. The van der Waals surface area contributed by atoms with Crippen LogP contribution in [0.1, 0.15) is 54.1 Å². The molecule has 1 fully saturated rings. The molecule has 9 nitrogen and oxygen atoms in total. The number of carbonyl (C=O) groups excluding carboxylic acids is 1. The molecule has 2 aromatic carbocycles. The topological polar surface area (TPSA) is 108 Å². The lowest BCUT2D eigenvalue weighted by Gasteiger charge is -2.36. The van der Waals surface area contributed by atoms with Crippen molar-refractivity contribution in [3.63, 3.8) is 0 Å².